The lowest BCUT2D eigenvalue weighted by atomic mass is 10.1. The van der Waals surface area contributed by atoms with Gasteiger partial charge >= 0.3 is 0 Å². The number of carbonyl (C=O) groups is 1. The number of para-hydroxylation sites is 1. The van der Waals surface area contributed by atoms with Crippen molar-refractivity contribution in [2.24, 2.45) is 5.73 Å². The number of amides is 1. The van der Waals surface area contributed by atoms with Crippen LogP contribution in [0, 0.1) is 0 Å². The van der Waals surface area contributed by atoms with Gasteiger partial charge in [-0.2, -0.15) is 5.10 Å². The van der Waals surface area contributed by atoms with Crippen molar-refractivity contribution in [3.05, 3.63) is 77.5 Å². The van der Waals surface area contributed by atoms with Crippen LogP contribution in [0.3, 0.4) is 0 Å². The fraction of sp³-hybridized carbons (Fsp3) is 0. The Kier molecular flexibility index (Phi) is 4.26. The second kappa shape index (κ2) is 6.50. The SMILES string of the molecule is NC(=O)/C=C\c1cn(-c2ccccc2)nc1-c1ccc(Cl)cc1. The second-order valence-corrected chi connectivity index (χ2v) is 5.39. The summed E-state index contributed by atoms with van der Waals surface area (Å²) in [6.07, 6.45) is 4.85. The molecule has 0 spiro atoms. The minimum atomic E-state index is -0.500. The Balaban J connectivity index is 2.10. The summed E-state index contributed by atoms with van der Waals surface area (Å²) < 4.78 is 1.77. The minimum Gasteiger partial charge on any atom is -0.366 e. The van der Waals surface area contributed by atoms with Crippen molar-refractivity contribution in [2.75, 3.05) is 0 Å². The third kappa shape index (κ3) is 3.49. The zero-order valence-corrected chi connectivity index (χ0v) is 12.9. The van der Waals surface area contributed by atoms with Crippen molar-refractivity contribution in [2.45, 2.75) is 0 Å². The van der Waals surface area contributed by atoms with Crippen LogP contribution in [0.15, 0.2) is 66.9 Å². The zero-order valence-electron chi connectivity index (χ0n) is 12.2. The number of aromatic nitrogens is 2. The molecule has 0 unspecified atom stereocenters. The molecule has 2 N–H and O–H groups in total. The van der Waals surface area contributed by atoms with E-state index >= 15 is 0 Å². The number of hydrogen-bond donors (Lipinski definition) is 1. The smallest absolute Gasteiger partial charge is 0.241 e. The Labute approximate surface area is 138 Å². The van der Waals surface area contributed by atoms with Crippen molar-refractivity contribution in [1.29, 1.82) is 0 Å². The highest BCUT2D eigenvalue weighted by Crippen LogP contribution is 2.26. The molecule has 3 rings (SSSR count). The molecule has 23 heavy (non-hydrogen) atoms. The molecule has 0 bridgehead atoms. The summed E-state index contributed by atoms with van der Waals surface area (Å²) >= 11 is 5.94. The highest BCUT2D eigenvalue weighted by Gasteiger charge is 2.10. The van der Waals surface area contributed by atoms with Gasteiger partial charge in [0, 0.05) is 28.4 Å². The van der Waals surface area contributed by atoms with Gasteiger partial charge in [0.1, 0.15) is 0 Å². The van der Waals surface area contributed by atoms with Crippen molar-refractivity contribution < 1.29 is 4.79 Å². The van der Waals surface area contributed by atoms with Crippen LogP contribution >= 0.6 is 11.6 Å². The molecular formula is C18H14ClN3O. The van der Waals surface area contributed by atoms with Crippen molar-refractivity contribution >= 4 is 23.6 Å². The Bertz CT molecular complexity index is 852. The van der Waals surface area contributed by atoms with E-state index in [0.717, 1.165) is 22.5 Å². The maximum Gasteiger partial charge on any atom is 0.241 e. The van der Waals surface area contributed by atoms with E-state index in [0.29, 0.717) is 5.02 Å². The molecule has 0 saturated carbocycles. The Hall–Kier alpha value is -2.85. The summed E-state index contributed by atoms with van der Waals surface area (Å²) in [6, 6.07) is 17.1. The maximum atomic E-state index is 11.0. The summed E-state index contributed by atoms with van der Waals surface area (Å²) in [5.74, 6) is -0.500. The molecular weight excluding hydrogens is 310 g/mol. The first kappa shape index (κ1) is 15.1. The molecule has 4 nitrogen and oxygen atoms in total. The van der Waals surface area contributed by atoms with Crippen LogP contribution in [0.4, 0.5) is 0 Å². The molecule has 0 aliphatic carbocycles. The molecule has 3 aromatic rings. The van der Waals surface area contributed by atoms with E-state index in [1.165, 1.54) is 6.08 Å². The number of benzene rings is 2. The van der Waals surface area contributed by atoms with Gasteiger partial charge in [0.25, 0.3) is 0 Å². The standard InChI is InChI=1S/C18H14ClN3O/c19-15-9-6-13(7-10-15)18-14(8-11-17(20)23)12-22(21-18)16-4-2-1-3-5-16/h1-12H,(H2,20,23)/b11-8-. The lowest BCUT2D eigenvalue weighted by molar-refractivity contribution is -0.113. The molecule has 0 aliphatic rings. The van der Waals surface area contributed by atoms with E-state index in [9.17, 15) is 4.79 Å². The van der Waals surface area contributed by atoms with Gasteiger partial charge in [-0.15, -0.1) is 0 Å². The minimum absolute atomic E-state index is 0.500. The monoisotopic (exact) mass is 323 g/mol. The first-order chi connectivity index (χ1) is 11.1. The lowest BCUT2D eigenvalue weighted by Crippen LogP contribution is -2.05. The first-order valence-electron chi connectivity index (χ1n) is 7.02. The van der Waals surface area contributed by atoms with Crippen molar-refractivity contribution in [1.82, 2.24) is 9.78 Å². The average molecular weight is 324 g/mol. The normalized spacial score (nSPS) is 11.0. The summed E-state index contributed by atoms with van der Waals surface area (Å²) in [6.45, 7) is 0. The van der Waals surface area contributed by atoms with Gasteiger partial charge < -0.3 is 5.73 Å². The van der Waals surface area contributed by atoms with Gasteiger partial charge in [-0.3, -0.25) is 4.79 Å². The van der Waals surface area contributed by atoms with Crippen LogP contribution in [0.5, 0.6) is 0 Å². The largest absolute Gasteiger partial charge is 0.366 e. The molecule has 0 aliphatic heterocycles. The van der Waals surface area contributed by atoms with Crippen LogP contribution in [0.25, 0.3) is 23.0 Å². The van der Waals surface area contributed by atoms with Gasteiger partial charge in [0.2, 0.25) is 5.91 Å². The molecule has 114 valence electrons. The molecule has 0 atom stereocenters. The van der Waals surface area contributed by atoms with Crippen LogP contribution in [0.2, 0.25) is 5.02 Å². The highest BCUT2D eigenvalue weighted by atomic mass is 35.5. The Morgan fingerprint density at radius 2 is 1.78 bits per heavy atom. The number of carbonyl (C=O) groups excluding carboxylic acids is 1. The molecule has 2 aromatic carbocycles. The summed E-state index contributed by atoms with van der Waals surface area (Å²) in [5.41, 5.74) is 8.59. The molecule has 0 radical (unpaired) electrons. The lowest BCUT2D eigenvalue weighted by Gasteiger charge is -2.00. The fourth-order valence-corrected chi connectivity index (χ4v) is 2.35. The molecule has 5 heteroatoms. The zero-order chi connectivity index (χ0) is 16.2. The van der Waals surface area contributed by atoms with E-state index in [1.807, 2.05) is 48.7 Å². The van der Waals surface area contributed by atoms with Gasteiger partial charge in [0.15, 0.2) is 0 Å². The fourth-order valence-electron chi connectivity index (χ4n) is 2.23. The van der Waals surface area contributed by atoms with E-state index < -0.39 is 5.91 Å². The van der Waals surface area contributed by atoms with E-state index in [4.69, 9.17) is 17.3 Å². The third-order valence-electron chi connectivity index (χ3n) is 3.31. The molecule has 1 amide bonds. The van der Waals surface area contributed by atoms with Gasteiger partial charge in [-0.1, -0.05) is 41.9 Å². The van der Waals surface area contributed by atoms with Gasteiger partial charge in [0.05, 0.1) is 11.4 Å². The summed E-state index contributed by atoms with van der Waals surface area (Å²) in [5, 5.41) is 5.29. The van der Waals surface area contributed by atoms with E-state index in [-0.39, 0.29) is 0 Å². The van der Waals surface area contributed by atoms with E-state index in [1.54, 1.807) is 22.9 Å². The Morgan fingerprint density at radius 3 is 2.43 bits per heavy atom. The highest BCUT2D eigenvalue weighted by molar-refractivity contribution is 6.30. The van der Waals surface area contributed by atoms with Crippen LogP contribution < -0.4 is 5.73 Å². The quantitative estimate of drug-likeness (QED) is 0.744. The number of hydrogen-bond acceptors (Lipinski definition) is 2. The van der Waals surface area contributed by atoms with E-state index in [2.05, 4.69) is 5.10 Å². The molecule has 0 fully saturated rings. The predicted molar refractivity (Wildman–Crippen MR) is 92.2 cm³/mol. The first-order valence-corrected chi connectivity index (χ1v) is 7.40. The number of nitrogens with zero attached hydrogens (tertiary/aromatic N) is 2. The number of nitrogens with two attached hydrogens (primary N) is 1. The van der Waals surface area contributed by atoms with Crippen LogP contribution in [-0.2, 0) is 4.79 Å². The van der Waals surface area contributed by atoms with Crippen LogP contribution in [-0.4, -0.2) is 15.7 Å². The second-order valence-electron chi connectivity index (χ2n) is 4.96. The third-order valence-corrected chi connectivity index (χ3v) is 3.56. The number of primary amides is 1. The summed E-state index contributed by atoms with van der Waals surface area (Å²) in [4.78, 5) is 11.0. The molecule has 1 heterocycles. The topological polar surface area (TPSA) is 60.9 Å². The number of halogens is 1. The molecule has 1 aromatic heterocycles. The van der Waals surface area contributed by atoms with Crippen LogP contribution in [0.1, 0.15) is 5.56 Å². The van der Waals surface area contributed by atoms with Crippen molar-refractivity contribution in [3.8, 4) is 16.9 Å². The number of rotatable bonds is 4. The Morgan fingerprint density at radius 1 is 1.09 bits per heavy atom. The summed E-state index contributed by atoms with van der Waals surface area (Å²) in [7, 11) is 0. The maximum absolute atomic E-state index is 11.0. The molecule has 0 saturated heterocycles. The average Bonchev–Trinajstić information content (AvgIpc) is 2.99. The predicted octanol–water partition coefficient (Wildman–Crippen LogP) is 3.69. The van der Waals surface area contributed by atoms with Gasteiger partial charge in [-0.05, 0) is 30.3 Å². The van der Waals surface area contributed by atoms with Gasteiger partial charge in [-0.25, -0.2) is 4.68 Å². The van der Waals surface area contributed by atoms with Crippen molar-refractivity contribution in [3.63, 3.8) is 0 Å².